The number of ether oxygens (including phenoxy) is 3. The highest BCUT2D eigenvalue weighted by Crippen LogP contribution is 2.28. The molecule has 106 valence electrons. The Morgan fingerprint density at radius 3 is 2.74 bits per heavy atom. The Hall–Kier alpha value is -1.27. The van der Waals surface area contributed by atoms with E-state index in [1.165, 1.54) is 0 Å². The zero-order valence-corrected chi connectivity index (χ0v) is 12.8. The molecule has 5 nitrogen and oxygen atoms in total. The maximum absolute atomic E-state index is 11.6. The van der Waals surface area contributed by atoms with Crippen LogP contribution in [0.15, 0.2) is 22.7 Å². The van der Waals surface area contributed by atoms with Crippen molar-refractivity contribution in [2.75, 3.05) is 27.4 Å². The number of nitrogens with one attached hydrogen (secondary N) is 1. The monoisotopic (exact) mass is 331 g/mol. The molecule has 1 aromatic rings. The van der Waals surface area contributed by atoms with Crippen LogP contribution in [0.2, 0.25) is 0 Å². The second-order valence-corrected chi connectivity index (χ2v) is 4.86. The van der Waals surface area contributed by atoms with Crippen LogP contribution in [0.1, 0.15) is 6.92 Å². The van der Waals surface area contributed by atoms with Crippen LogP contribution in [0, 0.1) is 0 Å². The van der Waals surface area contributed by atoms with Gasteiger partial charge >= 0.3 is 0 Å². The number of hydrogen-bond acceptors (Lipinski definition) is 4. The Kier molecular flexibility index (Phi) is 6.66. The molecular weight excluding hydrogens is 314 g/mol. The van der Waals surface area contributed by atoms with Gasteiger partial charge < -0.3 is 19.5 Å². The van der Waals surface area contributed by atoms with E-state index in [9.17, 15) is 4.79 Å². The minimum Gasteiger partial charge on any atom is -0.497 e. The van der Waals surface area contributed by atoms with Crippen LogP contribution in [0.5, 0.6) is 11.5 Å². The van der Waals surface area contributed by atoms with Crippen molar-refractivity contribution in [3.8, 4) is 11.5 Å². The van der Waals surface area contributed by atoms with Gasteiger partial charge in [-0.2, -0.15) is 0 Å². The van der Waals surface area contributed by atoms with Crippen molar-refractivity contribution in [1.29, 1.82) is 0 Å². The number of carbonyl (C=O) groups is 1. The SMILES string of the molecule is COCC(C)NC(=O)COc1ccc(OC)cc1Br. The van der Waals surface area contributed by atoms with E-state index in [1.807, 2.05) is 6.92 Å². The Balaban J connectivity index is 2.46. The molecule has 6 heteroatoms. The fraction of sp³-hybridized carbons (Fsp3) is 0.462. The van der Waals surface area contributed by atoms with Gasteiger partial charge in [-0.1, -0.05) is 0 Å². The van der Waals surface area contributed by atoms with E-state index in [1.54, 1.807) is 32.4 Å². The minimum atomic E-state index is -0.188. The zero-order chi connectivity index (χ0) is 14.3. The van der Waals surface area contributed by atoms with Crippen molar-refractivity contribution >= 4 is 21.8 Å². The van der Waals surface area contributed by atoms with E-state index in [4.69, 9.17) is 14.2 Å². The molecule has 0 radical (unpaired) electrons. The van der Waals surface area contributed by atoms with E-state index in [2.05, 4.69) is 21.2 Å². The van der Waals surface area contributed by atoms with Gasteiger partial charge in [-0.3, -0.25) is 4.79 Å². The van der Waals surface area contributed by atoms with Crippen LogP contribution in [0.25, 0.3) is 0 Å². The third-order valence-corrected chi connectivity index (χ3v) is 2.94. The molecule has 0 spiro atoms. The summed E-state index contributed by atoms with van der Waals surface area (Å²) in [7, 11) is 3.18. The maximum atomic E-state index is 11.6. The lowest BCUT2D eigenvalue weighted by molar-refractivity contribution is -0.124. The second-order valence-electron chi connectivity index (χ2n) is 4.01. The quantitative estimate of drug-likeness (QED) is 0.830. The topological polar surface area (TPSA) is 56.8 Å². The van der Waals surface area contributed by atoms with Crippen molar-refractivity contribution in [3.05, 3.63) is 22.7 Å². The first kappa shape index (κ1) is 15.8. The van der Waals surface area contributed by atoms with Gasteiger partial charge in [-0.05, 0) is 41.1 Å². The van der Waals surface area contributed by atoms with E-state index in [0.717, 1.165) is 10.2 Å². The zero-order valence-electron chi connectivity index (χ0n) is 11.2. The van der Waals surface area contributed by atoms with Crippen LogP contribution in [-0.2, 0) is 9.53 Å². The molecule has 0 aromatic heterocycles. The van der Waals surface area contributed by atoms with Gasteiger partial charge in [0.2, 0.25) is 0 Å². The summed E-state index contributed by atoms with van der Waals surface area (Å²) in [6.45, 7) is 2.29. The summed E-state index contributed by atoms with van der Waals surface area (Å²) in [4.78, 5) is 11.6. The standard InChI is InChI=1S/C13H18BrNO4/c1-9(7-17-2)15-13(16)8-19-12-5-4-10(18-3)6-11(12)14/h4-6,9H,7-8H2,1-3H3,(H,15,16). The predicted molar refractivity (Wildman–Crippen MR) is 75.7 cm³/mol. The van der Waals surface area contributed by atoms with Crippen molar-refractivity contribution < 1.29 is 19.0 Å². The molecule has 19 heavy (non-hydrogen) atoms. The highest BCUT2D eigenvalue weighted by Gasteiger charge is 2.09. The molecule has 0 aliphatic heterocycles. The molecule has 1 rings (SSSR count). The van der Waals surface area contributed by atoms with Crippen LogP contribution in [-0.4, -0.2) is 39.4 Å². The minimum absolute atomic E-state index is 0.0413. The van der Waals surface area contributed by atoms with Crippen LogP contribution < -0.4 is 14.8 Å². The Labute approximate surface area is 121 Å². The smallest absolute Gasteiger partial charge is 0.258 e. The molecule has 1 unspecified atom stereocenters. The third-order valence-electron chi connectivity index (χ3n) is 2.32. The molecule has 0 aliphatic rings. The normalized spacial score (nSPS) is 11.8. The maximum Gasteiger partial charge on any atom is 0.258 e. The molecule has 1 aromatic carbocycles. The second kappa shape index (κ2) is 8.01. The van der Waals surface area contributed by atoms with Gasteiger partial charge in [0.15, 0.2) is 6.61 Å². The molecule has 0 bridgehead atoms. The average Bonchev–Trinajstić information content (AvgIpc) is 2.37. The van der Waals surface area contributed by atoms with Crippen molar-refractivity contribution in [2.24, 2.45) is 0 Å². The number of methoxy groups -OCH3 is 2. The number of carbonyl (C=O) groups excluding carboxylic acids is 1. The third kappa shape index (κ3) is 5.48. The Morgan fingerprint density at radius 1 is 1.42 bits per heavy atom. The largest absolute Gasteiger partial charge is 0.497 e. The molecule has 1 atom stereocenters. The summed E-state index contributed by atoms with van der Waals surface area (Å²) in [5, 5.41) is 2.76. The lowest BCUT2D eigenvalue weighted by Gasteiger charge is -2.14. The molecule has 0 saturated carbocycles. The van der Waals surface area contributed by atoms with Crippen LogP contribution in [0.3, 0.4) is 0 Å². The summed E-state index contributed by atoms with van der Waals surface area (Å²) in [6.07, 6.45) is 0. The van der Waals surface area contributed by atoms with E-state index < -0.39 is 0 Å². The molecule has 0 fully saturated rings. The average molecular weight is 332 g/mol. The summed E-state index contributed by atoms with van der Waals surface area (Å²) in [5.41, 5.74) is 0. The lowest BCUT2D eigenvalue weighted by atomic mass is 10.3. The summed E-state index contributed by atoms with van der Waals surface area (Å²) < 4.78 is 16.2. The lowest BCUT2D eigenvalue weighted by Crippen LogP contribution is -2.38. The first-order valence-electron chi connectivity index (χ1n) is 5.81. The van der Waals surface area contributed by atoms with Gasteiger partial charge in [0.1, 0.15) is 11.5 Å². The van der Waals surface area contributed by atoms with Gasteiger partial charge in [-0.15, -0.1) is 0 Å². The Bertz CT molecular complexity index is 425. The summed E-state index contributed by atoms with van der Waals surface area (Å²) in [6, 6.07) is 5.25. The number of hydrogen-bond donors (Lipinski definition) is 1. The molecule has 1 amide bonds. The highest BCUT2D eigenvalue weighted by molar-refractivity contribution is 9.10. The van der Waals surface area contributed by atoms with Crippen molar-refractivity contribution in [3.63, 3.8) is 0 Å². The summed E-state index contributed by atoms with van der Waals surface area (Å²) >= 11 is 3.36. The predicted octanol–water partition coefficient (Wildman–Crippen LogP) is 1.99. The number of amides is 1. The van der Waals surface area contributed by atoms with Gasteiger partial charge in [0, 0.05) is 13.2 Å². The molecule has 1 N–H and O–H groups in total. The first-order chi connectivity index (χ1) is 9.06. The van der Waals surface area contributed by atoms with E-state index in [0.29, 0.717) is 12.4 Å². The van der Waals surface area contributed by atoms with Gasteiger partial charge in [-0.25, -0.2) is 0 Å². The fourth-order valence-electron chi connectivity index (χ4n) is 1.48. The van der Waals surface area contributed by atoms with Gasteiger partial charge in [0.05, 0.1) is 18.2 Å². The van der Waals surface area contributed by atoms with E-state index in [-0.39, 0.29) is 18.6 Å². The van der Waals surface area contributed by atoms with Crippen LogP contribution in [0.4, 0.5) is 0 Å². The molecule has 0 heterocycles. The fourth-order valence-corrected chi connectivity index (χ4v) is 1.95. The number of halogens is 1. The molecule has 0 aliphatic carbocycles. The Morgan fingerprint density at radius 2 is 2.16 bits per heavy atom. The van der Waals surface area contributed by atoms with Crippen LogP contribution >= 0.6 is 15.9 Å². The van der Waals surface area contributed by atoms with Crippen molar-refractivity contribution in [2.45, 2.75) is 13.0 Å². The van der Waals surface area contributed by atoms with Crippen molar-refractivity contribution in [1.82, 2.24) is 5.32 Å². The van der Waals surface area contributed by atoms with E-state index >= 15 is 0 Å². The first-order valence-corrected chi connectivity index (χ1v) is 6.60. The number of rotatable bonds is 7. The van der Waals surface area contributed by atoms with Gasteiger partial charge in [0.25, 0.3) is 5.91 Å². The number of benzene rings is 1. The highest BCUT2D eigenvalue weighted by atomic mass is 79.9. The molecular formula is C13H18BrNO4. The molecule has 0 saturated heterocycles. The summed E-state index contributed by atoms with van der Waals surface area (Å²) in [5.74, 6) is 1.13.